The lowest BCUT2D eigenvalue weighted by Gasteiger charge is -2.23. The van der Waals surface area contributed by atoms with Crippen LogP contribution in [0.15, 0.2) is 12.4 Å². The molecule has 0 aromatic carbocycles. The van der Waals surface area contributed by atoms with Gasteiger partial charge >= 0.3 is 0 Å². The first-order valence-electron chi connectivity index (χ1n) is 7.32. The zero-order valence-electron chi connectivity index (χ0n) is 12.6. The van der Waals surface area contributed by atoms with Crippen molar-refractivity contribution >= 4 is 5.82 Å². The van der Waals surface area contributed by atoms with Gasteiger partial charge in [0.05, 0.1) is 18.1 Å². The van der Waals surface area contributed by atoms with Crippen molar-refractivity contribution in [3.63, 3.8) is 0 Å². The van der Waals surface area contributed by atoms with E-state index >= 15 is 0 Å². The number of hydrogen-bond donors (Lipinski definition) is 1. The fraction of sp³-hybridized carbons (Fsp3) is 0.733. The van der Waals surface area contributed by atoms with E-state index in [1.807, 2.05) is 12.4 Å². The van der Waals surface area contributed by atoms with Gasteiger partial charge in [-0.1, -0.05) is 6.92 Å². The van der Waals surface area contributed by atoms with Gasteiger partial charge in [0.25, 0.3) is 0 Å². The Labute approximate surface area is 116 Å². The lowest BCUT2D eigenvalue weighted by Crippen LogP contribution is -2.35. The molecule has 2 rings (SSSR count). The molecule has 1 fully saturated rings. The number of nitrogens with zero attached hydrogens (tertiary/aromatic N) is 3. The molecular weight excluding hydrogens is 236 g/mol. The molecular formula is C15H26N4. The van der Waals surface area contributed by atoms with Crippen LogP contribution in [0.5, 0.6) is 0 Å². The normalized spacial score (nSPS) is 15.6. The zero-order chi connectivity index (χ0) is 13.9. The number of nitrogens with one attached hydrogen (secondary N) is 1. The predicted octanol–water partition coefficient (Wildman–Crippen LogP) is 2.74. The van der Waals surface area contributed by atoms with Crippen LogP contribution in [-0.2, 0) is 6.54 Å². The van der Waals surface area contributed by atoms with Crippen LogP contribution in [0.25, 0.3) is 0 Å². The highest BCUT2D eigenvalue weighted by atomic mass is 15.2. The van der Waals surface area contributed by atoms with Gasteiger partial charge in [-0.05, 0) is 40.0 Å². The zero-order valence-corrected chi connectivity index (χ0v) is 12.6. The highest BCUT2D eigenvalue weighted by Gasteiger charge is 2.29. The topological polar surface area (TPSA) is 41.1 Å². The third-order valence-corrected chi connectivity index (χ3v) is 3.24. The minimum atomic E-state index is 0.114. The summed E-state index contributed by atoms with van der Waals surface area (Å²) in [5, 5.41) is 3.43. The molecule has 0 spiro atoms. The van der Waals surface area contributed by atoms with Crippen LogP contribution in [-0.4, -0.2) is 28.1 Å². The van der Waals surface area contributed by atoms with Crippen molar-refractivity contribution in [1.29, 1.82) is 0 Å². The van der Waals surface area contributed by atoms with Crippen LogP contribution in [0.1, 0.15) is 52.7 Å². The van der Waals surface area contributed by atoms with E-state index in [2.05, 4.69) is 47.9 Å². The number of hydrogen-bond acceptors (Lipinski definition) is 4. The molecule has 0 bridgehead atoms. The summed E-state index contributed by atoms with van der Waals surface area (Å²) in [6.45, 7) is 10.5. The summed E-state index contributed by atoms with van der Waals surface area (Å²) in [4.78, 5) is 11.5. The Bertz CT molecular complexity index is 390. The van der Waals surface area contributed by atoms with Crippen molar-refractivity contribution < 1.29 is 0 Å². The first kappa shape index (κ1) is 14.3. The molecule has 4 nitrogen and oxygen atoms in total. The van der Waals surface area contributed by atoms with E-state index in [4.69, 9.17) is 0 Å². The smallest absolute Gasteiger partial charge is 0.147 e. The molecule has 1 heterocycles. The summed E-state index contributed by atoms with van der Waals surface area (Å²) in [5.41, 5.74) is 1.12. The van der Waals surface area contributed by atoms with Gasteiger partial charge in [-0.2, -0.15) is 0 Å². The van der Waals surface area contributed by atoms with Gasteiger partial charge in [-0.15, -0.1) is 0 Å². The van der Waals surface area contributed by atoms with Crippen molar-refractivity contribution in [3.8, 4) is 0 Å². The van der Waals surface area contributed by atoms with Crippen molar-refractivity contribution in [3.05, 3.63) is 18.1 Å². The van der Waals surface area contributed by atoms with E-state index < -0.39 is 0 Å². The fourth-order valence-corrected chi connectivity index (χ4v) is 2.05. The second kappa shape index (κ2) is 5.87. The van der Waals surface area contributed by atoms with Gasteiger partial charge in [0.2, 0.25) is 0 Å². The molecule has 1 aliphatic carbocycles. The molecule has 1 aliphatic rings. The summed E-state index contributed by atoms with van der Waals surface area (Å²) in [6.07, 6.45) is 7.59. The summed E-state index contributed by atoms with van der Waals surface area (Å²) in [7, 11) is 0. The second-order valence-corrected chi connectivity index (χ2v) is 6.39. The molecule has 19 heavy (non-hydrogen) atoms. The summed E-state index contributed by atoms with van der Waals surface area (Å²) >= 11 is 0. The predicted molar refractivity (Wildman–Crippen MR) is 79.3 cm³/mol. The molecule has 1 aromatic heterocycles. The Morgan fingerprint density at radius 1 is 1.26 bits per heavy atom. The Morgan fingerprint density at radius 3 is 2.47 bits per heavy atom. The Balaban J connectivity index is 1.96. The summed E-state index contributed by atoms with van der Waals surface area (Å²) in [5.74, 6) is 1.03. The summed E-state index contributed by atoms with van der Waals surface area (Å²) < 4.78 is 0. The number of rotatable bonds is 6. The van der Waals surface area contributed by atoms with Crippen LogP contribution < -0.4 is 10.2 Å². The van der Waals surface area contributed by atoms with Gasteiger partial charge in [0.15, 0.2) is 0 Å². The molecule has 0 amide bonds. The van der Waals surface area contributed by atoms with Gasteiger partial charge in [0, 0.05) is 24.7 Å². The average Bonchev–Trinajstić information content (AvgIpc) is 3.18. The molecule has 0 unspecified atom stereocenters. The third kappa shape index (κ3) is 4.46. The summed E-state index contributed by atoms with van der Waals surface area (Å²) in [6, 6.07) is 0.702. The van der Waals surface area contributed by atoms with Crippen molar-refractivity contribution in [2.24, 2.45) is 0 Å². The van der Waals surface area contributed by atoms with Crippen molar-refractivity contribution in [1.82, 2.24) is 15.3 Å². The third-order valence-electron chi connectivity index (χ3n) is 3.24. The van der Waals surface area contributed by atoms with Crippen LogP contribution in [0, 0.1) is 0 Å². The minimum Gasteiger partial charge on any atom is -0.352 e. The maximum Gasteiger partial charge on any atom is 0.147 e. The fourth-order valence-electron chi connectivity index (χ4n) is 2.05. The quantitative estimate of drug-likeness (QED) is 0.856. The molecule has 1 aromatic rings. The molecule has 0 radical (unpaired) electrons. The number of anilines is 1. The Morgan fingerprint density at radius 2 is 2.00 bits per heavy atom. The molecule has 106 valence electrons. The van der Waals surface area contributed by atoms with Gasteiger partial charge < -0.3 is 10.2 Å². The highest BCUT2D eigenvalue weighted by molar-refractivity contribution is 5.39. The number of aromatic nitrogens is 2. The molecule has 0 aliphatic heterocycles. The minimum absolute atomic E-state index is 0.114. The van der Waals surface area contributed by atoms with E-state index in [9.17, 15) is 0 Å². The van der Waals surface area contributed by atoms with Crippen LogP contribution in [0.3, 0.4) is 0 Å². The van der Waals surface area contributed by atoms with E-state index in [1.165, 1.54) is 12.8 Å². The van der Waals surface area contributed by atoms with Gasteiger partial charge in [-0.25, -0.2) is 4.98 Å². The molecule has 1 saturated carbocycles. The van der Waals surface area contributed by atoms with Gasteiger partial charge in [0.1, 0.15) is 5.82 Å². The standard InChI is InChI=1S/C15H26N4/c1-5-8-19(13-6-7-13)14-11-16-12(9-17-14)10-18-15(2,3)4/h9,11,13,18H,5-8,10H2,1-4H3. The average molecular weight is 262 g/mol. The first-order valence-corrected chi connectivity index (χ1v) is 7.32. The molecule has 0 atom stereocenters. The van der Waals surface area contributed by atoms with E-state index in [1.54, 1.807) is 0 Å². The van der Waals surface area contributed by atoms with Crippen LogP contribution >= 0.6 is 0 Å². The molecule has 1 N–H and O–H groups in total. The van der Waals surface area contributed by atoms with E-state index in [0.29, 0.717) is 6.04 Å². The second-order valence-electron chi connectivity index (χ2n) is 6.39. The SMILES string of the molecule is CCCN(c1cnc(CNC(C)(C)C)cn1)C1CC1. The molecule has 0 saturated heterocycles. The van der Waals surface area contributed by atoms with Crippen LogP contribution in [0.4, 0.5) is 5.82 Å². The van der Waals surface area contributed by atoms with Crippen LogP contribution in [0.2, 0.25) is 0 Å². The highest BCUT2D eigenvalue weighted by Crippen LogP contribution is 2.30. The monoisotopic (exact) mass is 262 g/mol. The van der Waals surface area contributed by atoms with E-state index in [-0.39, 0.29) is 5.54 Å². The van der Waals surface area contributed by atoms with E-state index in [0.717, 1.165) is 31.0 Å². The Kier molecular flexibility index (Phi) is 4.40. The maximum absolute atomic E-state index is 4.58. The van der Waals surface area contributed by atoms with Gasteiger partial charge in [-0.3, -0.25) is 4.98 Å². The lowest BCUT2D eigenvalue weighted by molar-refractivity contribution is 0.421. The lowest BCUT2D eigenvalue weighted by atomic mass is 10.1. The largest absolute Gasteiger partial charge is 0.352 e. The Hall–Kier alpha value is -1.16. The maximum atomic E-state index is 4.58. The molecule has 4 heteroatoms. The first-order chi connectivity index (χ1) is 8.99. The van der Waals surface area contributed by atoms with Crippen molar-refractivity contribution in [2.45, 2.75) is 65.1 Å². The van der Waals surface area contributed by atoms with Crippen molar-refractivity contribution in [2.75, 3.05) is 11.4 Å².